The van der Waals surface area contributed by atoms with E-state index < -0.39 is 11.6 Å². The summed E-state index contributed by atoms with van der Waals surface area (Å²) < 4.78 is 30.3. The lowest BCUT2D eigenvalue weighted by atomic mass is 9.93. The summed E-state index contributed by atoms with van der Waals surface area (Å²) in [5.74, 6) is -1.11. The SMILES string of the molecule is Cn1cc(Cn2cnc3sc4c(c3c2=O)CCC(NCc2ccc(F)cc2F)C4)cn1. The first-order valence-electron chi connectivity index (χ1n) is 10.1. The van der Waals surface area contributed by atoms with Crippen molar-refractivity contribution in [1.29, 1.82) is 0 Å². The molecule has 4 aromatic rings. The van der Waals surface area contributed by atoms with Gasteiger partial charge in [-0.3, -0.25) is 14.0 Å². The number of nitrogens with zero attached hydrogens (tertiary/aromatic N) is 4. The first kappa shape index (κ1) is 20.0. The van der Waals surface area contributed by atoms with Gasteiger partial charge in [-0.2, -0.15) is 5.10 Å². The first-order valence-corrected chi connectivity index (χ1v) is 10.9. The van der Waals surface area contributed by atoms with E-state index in [0.717, 1.165) is 51.5 Å². The van der Waals surface area contributed by atoms with Crippen LogP contribution >= 0.6 is 11.3 Å². The first-order chi connectivity index (χ1) is 15.0. The molecule has 0 saturated heterocycles. The lowest BCUT2D eigenvalue weighted by molar-refractivity contribution is 0.454. The van der Waals surface area contributed by atoms with Gasteiger partial charge in [0.1, 0.15) is 16.5 Å². The maximum absolute atomic E-state index is 13.9. The molecular formula is C22H21F2N5OS. The Bertz CT molecular complexity index is 1330. The van der Waals surface area contributed by atoms with Crippen LogP contribution in [-0.4, -0.2) is 25.4 Å². The van der Waals surface area contributed by atoms with Gasteiger partial charge in [0.25, 0.3) is 5.56 Å². The molecule has 3 aromatic heterocycles. The van der Waals surface area contributed by atoms with Gasteiger partial charge in [-0.05, 0) is 30.9 Å². The van der Waals surface area contributed by atoms with E-state index in [2.05, 4.69) is 15.4 Å². The fraction of sp³-hybridized carbons (Fsp3) is 0.318. The van der Waals surface area contributed by atoms with Crippen molar-refractivity contribution in [3.8, 4) is 0 Å². The van der Waals surface area contributed by atoms with Crippen LogP contribution in [0.3, 0.4) is 0 Å². The summed E-state index contributed by atoms with van der Waals surface area (Å²) in [6.45, 7) is 0.779. The van der Waals surface area contributed by atoms with Crippen molar-refractivity contribution < 1.29 is 8.78 Å². The predicted molar refractivity (Wildman–Crippen MR) is 115 cm³/mol. The third kappa shape index (κ3) is 3.90. The molecule has 5 rings (SSSR count). The van der Waals surface area contributed by atoms with E-state index in [1.54, 1.807) is 33.1 Å². The molecule has 0 amide bonds. The van der Waals surface area contributed by atoms with Gasteiger partial charge < -0.3 is 5.32 Å². The van der Waals surface area contributed by atoms with Crippen LogP contribution < -0.4 is 10.9 Å². The molecule has 3 heterocycles. The van der Waals surface area contributed by atoms with Gasteiger partial charge >= 0.3 is 0 Å². The maximum Gasteiger partial charge on any atom is 0.262 e. The summed E-state index contributed by atoms with van der Waals surface area (Å²) in [5.41, 5.74) is 2.46. The van der Waals surface area contributed by atoms with Crippen molar-refractivity contribution in [2.75, 3.05) is 0 Å². The minimum Gasteiger partial charge on any atom is -0.309 e. The number of hydrogen-bond acceptors (Lipinski definition) is 5. The summed E-state index contributed by atoms with van der Waals surface area (Å²) in [4.78, 5) is 19.6. The molecule has 1 aliphatic rings. The molecule has 0 radical (unpaired) electrons. The second-order valence-electron chi connectivity index (χ2n) is 7.94. The highest BCUT2D eigenvalue weighted by atomic mass is 32.1. The standard InChI is InChI=1S/C22H21F2N5OS/c1-28-10-13(8-27-28)11-29-12-26-21-20(22(29)30)17-5-4-16(7-19(17)31-21)25-9-14-2-3-15(23)6-18(14)24/h2-3,6,8,10,12,16,25H,4-5,7,9,11H2,1H3. The average Bonchev–Trinajstić information content (AvgIpc) is 3.32. The van der Waals surface area contributed by atoms with Gasteiger partial charge in [0, 0.05) is 47.9 Å². The zero-order chi connectivity index (χ0) is 21.5. The summed E-state index contributed by atoms with van der Waals surface area (Å²) in [7, 11) is 1.85. The third-order valence-electron chi connectivity index (χ3n) is 5.74. The number of hydrogen-bond donors (Lipinski definition) is 1. The third-order valence-corrected chi connectivity index (χ3v) is 6.91. The van der Waals surface area contributed by atoms with Gasteiger partial charge in [0.15, 0.2) is 0 Å². The molecule has 0 aliphatic heterocycles. The molecule has 1 aromatic carbocycles. The molecule has 9 heteroatoms. The topological polar surface area (TPSA) is 64.7 Å². The quantitative estimate of drug-likeness (QED) is 0.517. The zero-order valence-electron chi connectivity index (χ0n) is 16.9. The number of fused-ring (bicyclic) bond motifs is 3. The molecule has 160 valence electrons. The molecule has 0 bridgehead atoms. The van der Waals surface area contributed by atoms with Crippen LogP contribution in [0.25, 0.3) is 10.2 Å². The Hall–Kier alpha value is -2.91. The highest BCUT2D eigenvalue weighted by Crippen LogP contribution is 2.33. The summed E-state index contributed by atoms with van der Waals surface area (Å²) >= 11 is 1.56. The zero-order valence-corrected chi connectivity index (χ0v) is 17.8. The second-order valence-corrected chi connectivity index (χ2v) is 9.02. The molecular weight excluding hydrogens is 420 g/mol. The molecule has 6 nitrogen and oxygen atoms in total. The number of nitrogens with one attached hydrogen (secondary N) is 1. The monoisotopic (exact) mass is 441 g/mol. The van der Waals surface area contributed by atoms with Crippen molar-refractivity contribution in [3.63, 3.8) is 0 Å². The Balaban J connectivity index is 1.35. The molecule has 0 fully saturated rings. The number of thiophene rings is 1. The largest absolute Gasteiger partial charge is 0.309 e. The van der Waals surface area contributed by atoms with E-state index in [0.29, 0.717) is 18.7 Å². The molecule has 31 heavy (non-hydrogen) atoms. The molecule has 0 spiro atoms. The van der Waals surface area contributed by atoms with Crippen LogP contribution in [0.4, 0.5) is 8.78 Å². The molecule has 1 N–H and O–H groups in total. The van der Waals surface area contributed by atoms with Crippen molar-refractivity contribution in [2.24, 2.45) is 7.05 Å². The van der Waals surface area contributed by atoms with E-state index in [-0.39, 0.29) is 11.6 Å². The molecule has 1 aliphatic carbocycles. The highest BCUT2D eigenvalue weighted by Gasteiger charge is 2.25. The minimum atomic E-state index is -0.574. The molecule has 1 unspecified atom stereocenters. The van der Waals surface area contributed by atoms with Gasteiger partial charge in [-0.1, -0.05) is 6.07 Å². The van der Waals surface area contributed by atoms with Crippen molar-refractivity contribution in [1.82, 2.24) is 24.6 Å². The molecule has 1 atom stereocenters. The van der Waals surface area contributed by atoms with Gasteiger partial charge in [0.05, 0.1) is 24.5 Å². The van der Waals surface area contributed by atoms with E-state index in [1.807, 2.05) is 13.2 Å². The molecule has 0 saturated carbocycles. The van der Waals surface area contributed by atoms with Gasteiger partial charge in [0.2, 0.25) is 0 Å². The normalized spacial score (nSPS) is 16.0. The van der Waals surface area contributed by atoms with E-state index in [4.69, 9.17) is 0 Å². The van der Waals surface area contributed by atoms with E-state index in [9.17, 15) is 13.6 Å². The van der Waals surface area contributed by atoms with Crippen LogP contribution in [0, 0.1) is 11.6 Å². The van der Waals surface area contributed by atoms with Gasteiger partial charge in [-0.15, -0.1) is 11.3 Å². The Labute approximate surface area is 181 Å². The van der Waals surface area contributed by atoms with Crippen LogP contribution in [-0.2, 0) is 33.0 Å². The lowest BCUT2D eigenvalue weighted by Gasteiger charge is -2.23. The van der Waals surface area contributed by atoms with E-state index >= 15 is 0 Å². The number of rotatable bonds is 5. The highest BCUT2D eigenvalue weighted by molar-refractivity contribution is 7.18. The van der Waals surface area contributed by atoms with Crippen LogP contribution in [0.5, 0.6) is 0 Å². The summed E-state index contributed by atoms with van der Waals surface area (Å²) in [6, 6.07) is 3.82. The van der Waals surface area contributed by atoms with Crippen molar-refractivity contribution in [2.45, 2.75) is 38.4 Å². The predicted octanol–water partition coefficient (Wildman–Crippen LogP) is 3.17. The summed E-state index contributed by atoms with van der Waals surface area (Å²) in [6.07, 6.45) is 7.62. The van der Waals surface area contributed by atoms with Crippen LogP contribution in [0.1, 0.15) is 28.0 Å². The van der Waals surface area contributed by atoms with Gasteiger partial charge in [-0.25, -0.2) is 13.8 Å². The smallest absolute Gasteiger partial charge is 0.262 e. The van der Waals surface area contributed by atoms with Crippen molar-refractivity contribution >= 4 is 21.6 Å². The fourth-order valence-electron chi connectivity index (χ4n) is 4.16. The Morgan fingerprint density at radius 3 is 2.97 bits per heavy atom. The fourth-order valence-corrected chi connectivity index (χ4v) is 5.42. The number of aryl methyl sites for hydroxylation is 2. The van der Waals surface area contributed by atoms with Crippen molar-refractivity contribution in [3.05, 3.63) is 80.5 Å². The maximum atomic E-state index is 13.9. The summed E-state index contributed by atoms with van der Waals surface area (Å²) in [5, 5.41) is 8.25. The van der Waals surface area contributed by atoms with Crippen LogP contribution in [0.2, 0.25) is 0 Å². The average molecular weight is 442 g/mol. The van der Waals surface area contributed by atoms with E-state index in [1.165, 1.54) is 12.1 Å². The minimum absolute atomic E-state index is 0.0221. The lowest BCUT2D eigenvalue weighted by Crippen LogP contribution is -2.34. The number of halogens is 2. The number of benzene rings is 1. The Morgan fingerprint density at radius 1 is 1.32 bits per heavy atom. The number of aromatic nitrogens is 4. The van der Waals surface area contributed by atoms with Crippen LogP contribution in [0.15, 0.2) is 41.7 Å². The second kappa shape index (κ2) is 7.97. The Kier molecular flexibility index (Phi) is 5.15. The Morgan fingerprint density at radius 2 is 2.19 bits per heavy atom.